The molecule has 0 amide bonds. The summed E-state index contributed by atoms with van der Waals surface area (Å²) in [5.74, 6) is -1.10. The largest absolute Gasteiger partial charge is 0.495 e. The Morgan fingerprint density at radius 3 is 2.58 bits per heavy atom. The summed E-state index contributed by atoms with van der Waals surface area (Å²) in [4.78, 5) is 10.8. The number of nitrogens with one attached hydrogen (secondary N) is 1. The third-order valence-corrected chi connectivity index (χ3v) is 4.69. The first kappa shape index (κ1) is 13.8. The Morgan fingerprint density at radius 1 is 1.42 bits per heavy atom. The SMILES string of the molecule is COc1cc(C(=O)O)ccc1S(=O)(=O)NC1CCC1. The van der Waals surface area contributed by atoms with E-state index in [1.165, 1.54) is 25.3 Å². The highest BCUT2D eigenvalue weighted by molar-refractivity contribution is 7.89. The average molecular weight is 285 g/mol. The van der Waals surface area contributed by atoms with Crippen LogP contribution in [0.4, 0.5) is 0 Å². The first-order chi connectivity index (χ1) is 8.94. The van der Waals surface area contributed by atoms with E-state index in [2.05, 4.69) is 4.72 Å². The summed E-state index contributed by atoms with van der Waals surface area (Å²) < 4.78 is 31.9. The molecular weight excluding hydrogens is 270 g/mol. The van der Waals surface area contributed by atoms with Crippen molar-refractivity contribution in [2.45, 2.75) is 30.2 Å². The van der Waals surface area contributed by atoms with Crippen molar-refractivity contribution in [2.75, 3.05) is 7.11 Å². The predicted molar refractivity (Wildman–Crippen MR) is 67.9 cm³/mol. The number of sulfonamides is 1. The molecule has 0 aromatic heterocycles. The van der Waals surface area contributed by atoms with Crippen LogP contribution in [-0.4, -0.2) is 32.6 Å². The molecule has 2 rings (SSSR count). The highest BCUT2D eigenvalue weighted by Crippen LogP contribution is 2.27. The Labute approximate surface area is 111 Å². The highest BCUT2D eigenvalue weighted by atomic mass is 32.2. The van der Waals surface area contributed by atoms with Gasteiger partial charge in [0.05, 0.1) is 12.7 Å². The molecule has 0 atom stereocenters. The highest BCUT2D eigenvalue weighted by Gasteiger charge is 2.27. The first-order valence-corrected chi connectivity index (χ1v) is 7.36. The van der Waals surface area contributed by atoms with Crippen LogP contribution in [0.3, 0.4) is 0 Å². The van der Waals surface area contributed by atoms with E-state index in [-0.39, 0.29) is 22.3 Å². The zero-order valence-corrected chi connectivity index (χ0v) is 11.2. The fraction of sp³-hybridized carbons (Fsp3) is 0.417. The second-order valence-corrected chi connectivity index (χ2v) is 6.10. The van der Waals surface area contributed by atoms with Gasteiger partial charge in [0.1, 0.15) is 10.6 Å². The zero-order valence-electron chi connectivity index (χ0n) is 10.4. The maximum absolute atomic E-state index is 12.2. The molecule has 1 aliphatic rings. The molecule has 0 unspecified atom stereocenters. The zero-order chi connectivity index (χ0) is 14.0. The molecule has 0 radical (unpaired) electrons. The summed E-state index contributed by atoms with van der Waals surface area (Å²) in [5.41, 5.74) is -0.0144. The Hall–Kier alpha value is -1.60. The number of hydrogen-bond acceptors (Lipinski definition) is 4. The molecule has 1 fully saturated rings. The fourth-order valence-corrected chi connectivity index (χ4v) is 3.29. The summed E-state index contributed by atoms with van der Waals surface area (Å²) in [7, 11) is -2.36. The molecule has 2 N–H and O–H groups in total. The molecule has 19 heavy (non-hydrogen) atoms. The normalized spacial score (nSPS) is 15.8. The van der Waals surface area contributed by atoms with Crippen LogP contribution in [0.5, 0.6) is 5.75 Å². The van der Waals surface area contributed by atoms with Gasteiger partial charge >= 0.3 is 5.97 Å². The van der Waals surface area contributed by atoms with E-state index in [0.717, 1.165) is 19.3 Å². The van der Waals surface area contributed by atoms with Gasteiger partial charge in [-0.15, -0.1) is 0 Å². The summed E-state index contributed by atoms with van der Waals surface area (Å²) in [6.07, 6.45) is 2.67. The quantitative estimate of drug-likeness (QED) is 0.848. The van der Waals surface area contributed by atoms with Gasteiger partial charge in [0, 0.05) is 6.04 Å². The number of methoxy groups -OCH3 is 1. The summed E-state index contributed by atoms with van der Waals surface area (Å²) >= 11 is 0. The van der Waals surface area contributed by atoms with E-state index < -0.39 is 16.0 Å². The Balaban J connectivity index is 2.35. The van der Waals surface area contributed by atoms with Crippen LogP contribution in [0.15, 0.2) is 23.1 Å². The van der Waals surface area contributed by atoms with E-state index in [1.807, 2.05) is 0 Å². The van der Waals surface area contributed by atoms with E-state index in [0.29, 0.717) is 0 Å². The van der Waals surface area contributed by atoms with Gasteiger partial charge in [0.15, 0.2) is 0 Å². The third-order valence-electron chi connectivity index (χ3n) is 3.13. The third kappa shape index (κ3) is 2.87. The number of rotatable bonds is 5. The Bertz CT molecular complexity index is 592. The first-order valence-electron chi connectivity index (χ1n) is 5.87. The molecule has 1 aromatic rings. The predicted octanol–water partition coefficient (Wildman–Crippen LogP) is 1.22. The van der Waals surface area contributed by atoms with Crippen molar-refractivity contribution in [1.29, 1.82) is 0 Å². The molecule has 0 aliphatic heterocycles. The number of carbonyl (C=O) groups is 1. The van der Waals surface area contributed by atoms with Crippen LogP contribution < -0.4 is 9.46 Å². The molecule has 6 nitrogen and oxygen atoms in total. The van der Waals surface area contributed by atoms with E-state index >= 15 is 0 Å². The van der Waals surface area contributed by atoms with Gasteiger partial charge in [-0.05, 0) is 31.0 Å². The van der Waals surface area contributed by atoms with Gasteiger partial charge in [0.25, 0.3) is 0 Å². The number of ether oxygens (including phenoxy) is 1. The van der Waals surface area contributed by atoms with Crippen LogP contribution >= 0.6 is 0 Å². The molecule has 0 heterocycles. The van der Waals surface area contributed by atoms with E-state index in [4.69, 9.17) is 9.84 Å². The molecular formula is C12H15NO5S. The van der Waals surface area contributed by atoms with Crippen LogP contribution in [0.25, 0.3) is 0 Å². The van der Waals surface area contributed by atoms with E-state index in [9.17, 15) is 13.2 Å². The maximum atomic E-state index is 12.2. The van der Waals surface area contributed by atoms with Crippen molar-refractivity contribution < 1.29 is 23.1 Å². The number of benzene rings is 1. The van der Waals surface area contributed by atoms with Gasteiger partial charge in [-0.1, -0.05) is 6.42 Å². The van der Waals surface area contributed by atoms with E-state index in [1.54, 1.807) is 0 Å². The summed E-state index contributed by atoms with van der Waals surface area (Å²) in [5, 5.41) is 8.87. The van der Waals surface area contributed by atoms with Gasteiger partial charge in [-0.25, -0.2) is 17.9 Å². The monoisotopic (exact) mass is 285 g/mol. The minimum absolute atomic E-state index is 0.0144. The lowest BCUT2D eigenvalue weighted by atomic mass is 9.94. The van der Waals surface area contributed by atoms with Gasteiger partial charge in [-0.2, -0.15) is 0 Å². The molecule has 0 spiro atoms. The topological polar surface area (TPSA) is 92.7 Å². The number of carboxylic acids is 1. The van der Waals surface area contributed by atoms with Crippen molar-refractivity contribution in [3.63, 3.8) is 0 Å². The van der Waals surface area contributed by atoms with Crippen molar-refractivity contribution in [3.8, 4) is 5.75 Å². The minimum atomic E-state index is -3.67. The van der Waals surface area contributed by atoms with Gasteiger partial charge in [-0.3, -0.25) is 0 Å². The molecule has 7 heteroatoms. The maximum Gasteiger partial charge on any atom is 0.335 e. The summed E-state index contributed by atoms with van der Waals surface area (Å²) in [6.45, 7) is 0. The lowest BCUT2D eigenvalue weighted by molar-refractivity contribution is 0.0696. The van der Waals surface area contributed by atoms with Crippen molar-refractivity contribution in [3.05, 3.63) is 23.8 Å². The molecule has 1 aromatic carbocycles. The molecule has 104 valence electrons. The van der Waals surface area contributed by atoms with Crippen LogP contribution in [0, 0.1) is 0 Å². The molecule has 0 bridgehead atoms. The van der Waals surface area contributed by atoms with Crippen molar-refractivity contribution >= 4 is 16.0 Å². The molecule has 1 aliphatic carbocycles. The van der Waals surface area contributed by atoms with Gasteiger partial charge < -0.3 is 9.84 Å². The fourth-order valence-electron chi connectivity index (χ4n) is 1.83. The average Bonchev–Trinajstić information content (AvgIpc) is 2.33. The molecule has 0 saturated heterocycles. The second kappa shape index (κ2) is 5.18. The van der Waals surface area contributed by atoms with Crippen LogP contribution in [-0.2, 0) is 10.0 Å². The van der Waals surface area contributed by atoms with Gasteiger partial charge in [0.2, 0.25) is 10.0 Å². The van der Waals surface area contributed by atoms with Crippen LogP contribution in [0.1, 0.15) is 29.6 Å². The smallest absolute Gasteiger partial charge is 0.335 e. The van der Waals surface area contributed by atoms with Crippen LogP contribution in [0.2, 0.25) is 0 Å². The Morgan fingerprint density at radius 2 is 2.11 bits per heavy atom. The number of hydrogen-bond donors (Lipinski definition) is 2. The summed E-state index contributed by atoms with van der Waals surface area (Å²) in [6, 6.07) is 3.68. The van der Waals surface area contributed by atoms with Crippen molar-refractivity contribution in [1.82, 2.24) is 4.72 Å². The number of carboxylic acid groups (broad SMARTS) is 1. The standard InChI is InChI=1S/C12H15NO5S/c1-18-10-7-8(12(14)15)5-6-11(10)19(16,17)13-9-3-2-4-9/h5-7,9,13H,2-4H2,1H3,(H,14,15). The lowest BCUT2D eigenvalue weighted by Crippen LogP contribution is -2.39. The lowest BCUT2D eigenvalue weighted by Gasteiger charge is -2.26. The molecule has 1 saturated carbocycles. The van der Waals surface area contributed by atoms with Crippen molar-refractivity contribution in [2.24, 2.45) is 0 Å². The minimum Gasteiger partial charge on any atom is -0.495 e. The Kier molecular flexibility index (Phi) is 3.77. The second-order valence-electron chi connectivity index (χ2n) is 4.42. The number of aromatic carboxylic acids is 1.